The van der Waals surface area contributed by atoms with Gasteiger partial charge in [0.2, 0.25) is 0 Å². The van der Waals surface area contributed by atoms with Crippen molar-refractivity contribution in [2.45, 2.75) is 18.3 Å². The fourth-order valence-electron chi connectivity index (χ4n) is 0.870. The smallest absolute Gasteiger partial charge is 0.0848 e. The third-order valence-electron chi connectivity index (χ3n) is 1.43. The van der Waals surface area contributed by atoms with E-state index in [9.17, 15) is 0 Å². The Labute approximate surface area is 49.3 Å². The molecule has 0 amide bonds. The van der Waals surface area contributed by atoms with Crippen molar-refractivity contribution in [1.29, 1.82) is 0 Å². The van der Waals surface area contributed by atoms with Crippen LogP contribution >= 0.6 is 11.6 Å². The molecule has 1 unspecified atom stereocenters. The zero-order valence-electron chi connectivity index (χ0n) is 4.52. The fraction of sp³-hybridized carbons (Fsp3) is 1.00. The molecule has 1 heterocycles. The predicted molar refractivity (Wildman–Crippen MR) is 31.5 cm³/mol. The minimum absolute atomic E-state index is 0.319. The highest BCUT2D eigenvalue weighted by Gasteiger charge is 2.16. The lowest BCUT2D eigenvalue weighted by Crippen LogP contribution is -2.18. The van der Waals surface area contributed by atoms with Gasteiger partial charge in [-0.15, -0.1) is 11.6 Å². The highest BCUT2D eigenvalue weighted by atomic mass is 35.5. The van der Waals surface area contributed by atoms with E-state index in [1.807, 2.05) is 0 Å². The van der Waals surface area contributed by atoms with Gasteiger partial charge in [0.05, 0.1) is 5.50 Å². The van der Waals surface area contributed by atoms with E-state index in [1.165, 1.54) is 13.0 Å². The van der Waals surface area contributed by atoms with Gasteiger partial charge < -0.3 is 0 Å². The first-order valence-corrected chi connectivity index (χ1v) is 3.08. The first-order valence-electron chi connectivity index (χ1n) is 2.65. The van der Waals surface area contributed by atoms with Crippen LogP contribution in [0.25, 0.3) is 0 Å². The molecule has 1 nitrogen and oxygen atoms in total. The SMILES string of the molecule is CN1CCCC1Cl. The normalized spacial score (nSPS) is 34.3. The molecular formula is C5H10ClN. The third-order valence-corrected chi connectivity index (χ3v) is 1.98. The van der Waals surface area contributed by atoms with Crippen molar-refractivity contribution in [3.8, 4) is 0 Å². The van der Waals surface area contributed by atoms with Crippen molar-refractivity contribution < 1.29 is 0 Å². The molecule has 0 radical (unpaired) electrons. The molecule has 1 aliphatic rings. The zero-order valence-corrected chi connectivity index (χ0v) is 5.28. The van der Waals surface area contributed by atoms with Crippen molar-refractivity contribution in [2.75, 3.05) is 13.6 Å². The quantitative estimate of drug-likeness (QED) is 0.343. The molecule has 0 saturated carbocycles. The third kappa shape index (κ3) is 1.07. The zero-order chi connectivity index (χ0) is 5.28. The number of hydrogen-bond acceptors (Lipinski definition) is 1. The van der Waals surface area contributed by atoms with Gasteiger partial charge in [-0.25, -0.2) is 0 Å². The van der Waals surface area contributed by atoms with Crippen molar-refractivity contribution in [3.05, 3.63) is 0 Å². The summed E-state index contributed by atoms with van der Waals surface area (Å²) in [5, 5.41) is 0. The van der Waals surface area contributed by atoms with Crippen molar-refractivity contribution in [3.63, 3.8) is 0 Å². The summed E-state index contributed by atoms with van der Waals surface area (Å²) in [6.07, 6.45) is 2.43. The molecule has 1 saturated heterocycles. The van der Waals surface area contributed by atoms with E-state index in [4.69, 9.17) is 11.6 Å². The second kappa shape index (κ2) is 2.01. The number of hydrogen-bond donors (Lipinski definition) is 0. The van der Waals surface area contributed by atoms with Gasteiger partial charge in [-0.1, -0.05) is 0 Å². The highest BCUT2D eigenvalue weighted by Crippen LogP contribution is 2.16. The van der Waals surface area contributed by atoms with E-state index < -0.39 is 0 Å². The van der Waals surface area contributed by atoms with Crippen molar-refractivity contribution in [1.82, 2.24) is 4.90 Å². The number of likely N-dealkylation sites (tertiary alicyclic amines) is 1. The molecule has 0 aromatic carbocycles. The van der Waals surface area contributed by atoms with E-state index >= 15 is 0 Å². The van der Waals surface area contributed by atoms with Gasteiger partial charge in [-0.3, -0.25) is 4.90 Å². The summed E-state index contributed by atoms with van der Waals surface area (Å²) in [7, 11) is 2.06. The lowest BCUT2D eigenvalue weighted by atomic mass is 10.4. The molecule has 1 atom stereocenters. The maximum absolute atomic E-state index is 5.79. The molecule has 0 bridgehead atoms. The fourth-order valence-corrected chi connectivity index (χ4v) is 1.12. The van der Waals surface area contributed by atoms with Gasteiger partial charge in [-0.2, -0.15) is 0 Å². The summed E-state index contributed by atoms with van der Waals surface area (Å²) < 4.78 is 0. The van der Waals surface area contributed by atoms with Gasteiger partial charge in [0.15, 0.2) is 0 Å². The first kappa shape index (κ1) is 5.39. The summed E-state index contributed by atoms with van der Waals surface area (Å²) in [5.41, 5.74) is 0.319. The molecule has 0 aromatic heterocycles. The van der Waals surface area contributed by atoms with E-state index in [1.54, 1.807) is 0 Å². The van der Waals surface area contributed by atoms with Gasteiger partial charge in [0, 0.05) is 0 Å². The average molecular weight is 120 g/mol. The molecule has 1 fully saturated rings. The Hall–Kier alpha value is 0.250. The molecule has 1 aliphatic heterocycles. The summed E-state index contributed by atoms with van der Waals surface area (Å²) in [5.74, 6) is 0. The Bertz CT molecular complexity index is 57.1. The molecule has 0 N–H and O–H groups in total. The highest BCUT2D eigenvalue weighted by molar-refractivity contribution is 6.20. The van der Waals surface area contributed by atoms with E-state index in [2.05, 4.69) is 11.9 Å². The second-order valence-corrected chi connectivity index (χ2v) is 2.56. The van der Waals surface area contributed by atoms with Crippen LogP contribution in [-0.4, -0.2) is 24.0 Å². The molecule has 1 rings (SSSR count). The van der Waals surface area contributed by atoms with Gasteiger partial charge in [0.1, 0.15) is 0 Å². The van der Waals surface area contributed by atoms with Crippen LogP contribution in [0.3, 0.4) is 0 Å². The Morgan fingerprint density at radius 1 is 1.71 bits per heavy atom. The lowest BCUT2D eigenvalue weighted by molar-refractivity contribution is 0.385. The summed E-state index contributed by atoms with van der Waals surface area (Å²) in [6, 6.07) is 0. The molecule has 2 heteroatoms. The Kier molecular flexibility index (Phi) is 1.55. The summed E-state index contributed by atoms with van der Waals surface area (Å²) in [6.45, 7) is 1.17. The van der Waals surface area contributed by atoms with Crippen LogP contribution in [0.15, 0.2) is 0 Å². The minimum Gasteiger partial charge on any atom is -0.291 e. The Balaban J connectivity index is 2.33. The van der Waals surface area contributed by atoms with E-state index in [-0.39, 0.29) is 0 Å². The van der Waals surface area contributed by atoms with Crippen LogP contribution < -0.4 is 0 Å². The topological polar surface area (TPSA) is 3.24 Å². The van der Waals surface area contributed by atoms with Crippen LogP contribution in [0.2, 0.25) is 0 Å². The molecule has 42 valence electrons. The molecule has 0 spiro atoms. The van der Waals surface area contributed by atoms with Crippen molar-refractivity contribution in [2.24, 2.45) is 0 Å². The standard InChI is InChI=1S/C5H10ClN/c1-7-4-2-3-5(7)6/h5H,2-4H2,1H3. The maximum atomic E-state index is 5.79. The number of nitrogens with zero attached hydrogens (tertiary/aromatic N) is 1. The Morgan fingerprint density at radius 3 is 2.57 bits per heavy atom. The van der Waals surface area contributed by atoms with Crippen LogP contribution in [0, 0.1) is 0 Å². The van der Waals surface area contributed by atoms with Gasteiger partial charge in [0.25, 0.3) is 0 Å². The van der Waals surface area contributed by atoms with Crippen LogP contribution in [0.1, 0.15) is 12.8 Å². The number of alkyl halides is 1. The molecule has 7 heavy (non-hydrogen) atoms. The summed E-state index contributed by atoms with van der Waals surface area (Å²) >= 11 is 5.79. The van der Waals surface area contributed by atoms with Crippen LogP contribution in [-0.2, 0) is 0 Å². The van der Waals surface area contributed by atoms with Crippen LogP contribution in [0.5, 0.6) is 0 Å². The minimum atomic E-state index is 0.319. The molecule has 0 aliphatic carbocycles. The second-order valence-electron chi connectivity index (χ2n) is 2.06. The van der Waals surface area contributed by atoms with E-state index in [0.29, 0.717) is 5.50 Å². The lowest BCUT2D eigenvalue weighted by Gasteiger charge is -2.09. The Morgan fingerprint density at radius 2 is 2.43 bits per heavy atom. The largest absolute Gasteiger partial charge is 0.291 e. The number of rotatable bonds is 0. The summed E-state index contributed by atoms with van der Waals surface area (Å²) in [4.78, 5) is 2.17. The first-order chi connectivity index (χ1) is 3.30. The average Bonchev–Trinajstić information content (AvgIpc) is 1.91. The predicted octanol–water partition coefficient (Wildman–Crippen LogP) is 1.28. The number of halogens is 1. The van der Waals surface area contributed by atoms with Crippen molar-refractivity contribution >= 4 is 11.6 Å². The van der Waals surface area contributed by atoms with Crippen LogP contribution in [0.4, 0.5) is 0 Å². The van der Waals surface area contributed by atoms with Gasteiger partial charge in [-0.05, 0) is 26.4 Å². The van der Waals surface area contributed by atoms with Gasteiger partial charge >= 0.3 is 0 Å². The van der Waals surface area contributed by atoms with E-state index in [0.717, 1.165) is 6.42 Å². The maximum Gasteiger partial charge on any atom is 0.0848 e. The monoisotopic (exact) mass is 119 g/mol. The molecular weight excluding hydrogens is 110 g/mol. The molecule has 0 aromatic rings.